The fourth-order valence-corrected chi connectivity index (χ4v) is 4.60. The van der Waals surface area contributed by atoms with E-state index < -0.39 is 0 Å². The van der Waals surface area contributed by atoms with Crippen LogP contribution in [0, 0.1) is 0 Å². The van der Waals surface area contributed by atoms with Gasteiger partial charge >= 0.3 is 0 Å². The van der Waals surface area contributed by atoms with E-state index in [1.54, 1.807) is 0 Å². The Bertz CT molecular complexity index is 414. The minimum absolute atomic E-state index is 0.0913. The monoisotopic (exact) mass is 344 g/mol. The van der Waals surface area contributed by atoms with E-state index in [1.807, 2.05) is 30.1 Å². The van der Waals surface area contributed by atoms with Crippen LogP contribution in [-0.4, -0.2) is 34.0 Å². The minimum Gasteiger partial charge on any atom is -0.394 e. The zero-order valence-corrected chi connectivity index (χ0v) is 13.6. The van der Waals surface area contributed by atoms with Crippen LogP contribution in [0.5, 0.6) is 0 Å². The van der Waals surface area contributed by atoms with Crippen LogP contribution < -0.4 is 5.32 Å². The number of nitrogens with one attached hydrogen (secondary N) is 1. The molecule has 0 aromatic carbocycles. The molecule has 1 heterocycles. The van der Waals surface area contributed by atoms with Crippen LogP contribution in [0.4, 0.5) is 0 Å². The minimum atomic E-state index is -0.0913. The number of rotatable bonds is 5. The number of aromatic nitrogens is 1. The highest BCUT2D eigenvalue weighted by atomic mass is 79.9. The average molecular weight is 345 g/mol. The van der Waals surface area contributed by atoms with Gasteiger partial charge in [0.2, 0.25) is 0 Å². The maximum atomic E-state index is 9.71. The van der Waals surface area contributed by atoms with Crippen molar-refractivity contribution in [3.63, 3.8) is 0 Å². The summed E-state index contributed by atoms with van der Waals surface area (Å²) in [6.45, 7) is 3.23. The number of thioether (sulfide) groups is 1. The fraction of sp³-hybridized carbons (Fsp3) is 0.643. The molecule has 5 heteroatoms. The number of aliphatic hydroxyl groups is 1. The normalized spacial score (nSPS) is 27.4. The number of likely N-dealkylation sites (N-methyl/N-ethyl adjacent to an activating group) is 1. The molecule has 2 unspecified atom stereocenters. The lowest BCUT2D eigenvalue weighted by atomic mass is 9.82. The molecule has 0 spiro atoms. The molecule has 1 aromatic rings. The molecule has 0 aliphatic heterocycles. The fourth-order valence-electron chi connectivity index (χ4n) is 2.76. The summed E-state index contributed by atoms with van der Waals surface area (Å²) >= 11 is 5.38. The van der Waals surface area contributed by atoms with Gasteiger partial charge in [0, 0.05) is 21.5 Å². The Labute approximate surface area is 127 Å². The van der Waals surface area contributed by atoms with Crippen molar-refractivity contribution in [2.75, 3.05) is 13.2 Å². The summed E-state index contributed by atoms with van der Waals surface area (Å²) in [5, 5.41) is 14.8. The van der Waals surface area contributed by atoms with Gasteiger partial charge in [0.1, 0.15) is 5.03 Å². The molecule has 1 aliphatic carbocycles. The van der Waals surface area contributed by atoms with Gasteiger partial charge in [-0.3, -0.25) is 0 Å². The van der Waals surface area contributed by atoms with Gasteiger partial charge in [-0.25, -0.2) is 4.98 Å². The van der Waals surface area contributed by atoms with E-state index in [0.29, 0.717) is 5.25 Å². The highest BCUT2D eigenvalue weighted by Gasteiger charge is 2.35. The smallest absolute Gasteiger partial charge is 0.110 e. The number of nitrogens with zero attached hydrogens (tertiary/aromatic N) is 1. The lowest BCUT2D eigenvalue weighted by molar-refractivity contribution is 0.125. The largest absolute Gasteiger partial charge is 0.394 e. The highest BCUT2D eigenvalue weighted by molar-refractivity contribution is 9.10. The number of halogens is 1. The first-order chi connectivity index (χ1) is 9.19. The van der Waals surface area contributed by atoms with Gasteiger partial charge in [0.25, 0.3) is 0 Å². The summed E-state index contributed by atoms with van der Waals surface area (Å²) in [6, 6.07) is 3.97. The molecule has 0 radical (unpaired) electrons. The van der Waals surface area contributed by atoms with Crippen LogP contribution >= 0.6 is 27.7 Å². The molecule has 1 saturated carbocycles. The number of hydrogen-bond donors (Lipinski definition) is 2. The summed E-state index contributed by atoms with van der Waals surface area (Å²) in [7, 11) is 0. The standard InChI is InChI=1S/C14H21BrN2OS/c1-2-17-14(10-18)7-3-5-11(9-14)19-13-12(15)6-4-8-16-13/h4,6,8,11,17-18H,2-3,5,7,9-10H2,1H3. The van der Waals surface area contributed by atoms with Crippen molar-refractivity contribution in [3.05, 3.63) is 22.8 Å². The van der Waals surface area contributed by atoms with E-state index >= 15 is 0 Å². The molecular formula is C14H21BrN2OS. The SMILES string of the molecule is CCNC1(CO)CCCC(Sc2ncccc2Br)C1. The first kappa shape index (κ1) is 15.3. The van der Waals surface area contributed by atoms with Gasteiger partial charge in [0.15, 0.2) is 0 Å². The first-order valence-electron chi connectivity index (χ1n) is 6.82. The number of aliphatic hydroxyl groups excluding tert-OH is 1. The summed E-state index contributed by atoms with van der Waals surface area (Å²) < 4.78 is 1.06. The Morgan fingerprint density at radius 1 is 1.63 bits per heavy atom. The van der Waals surface area contributed by atoms with Gasteiger partial charge in [-0.15, -0.1) is 11.8 Å². The summed E-state index contributed by atoms with van der Waals surface area (Å²) in [5.74, 6) is 0. The summed E-state index contributed by atoms with van der Waals surface area (Å²) in [4.78, 5) is 4.43. The van der Waals surface area contributed by atoms with Crippen molar-refractivity contribution >= 4 is 27.7 Å². The zero-order chi connectivity index (χ0) is 13.7. The van der Waals surface area contributed by atoms with Crippen LogP contribution in [0.15, 0.2) is 27.8 Å². The molecule has 0 amide bonds. The summed E-state index contributed by atoms with van der Waals surface area (Å²) in [6.07, 6.45) is 6.26. The van der Waals surface area contributed by atoms with E-state index in [2.05, 4.69) is 33.2 Å². The molecule has 2 N–H and O–H groups in total. The van der Waals surface area contributed by atoms with Gasteiger partial charge < -0.3 is 10.4 Å². The van der Waals surface area contributed by atoms with Crippen LogP contribution in [0.25, 0.3) is 0 Å². The van der Waals surface area contributed by atoms with Crippen LogP contribution in [0.2, 0.25) is 0 Å². The Kier molecular flexibility index (Phi) is 5.69. The Balaban J connectivity index is 2.03. The molecule has 106 valence electrons. The first-order valence-corrected chi connectivity index (χ1v) is 8.49. The highest BCUT2D eigenvalue weighted by Crippen LogP contribution is 2.39. The topological polar surface area (TPSA) is 45.1 Å². The summed E-state index contributed by atoms with van der Waals surface area (Å²) in [5.41, 5.74) is -0.0913. The molecule has 0 saturated heterocycles. The molecule has 0 bridgehead atoms. The van der Waals surface area contributed by atoms with Crippen molar-refractivity contribution in [1.29, 1.82) is 0 Å². The van der Waals surface area contributed by atoms with Crippen LogP contribution in [0.1, 0.15) is 32.6 Å². The van der Waals surface area contributed by atoms with E-state index in [1.165, 1.54) is 6.42 Å². The zero-order valence-electron chi connectivity index (χ0n) is 11.2. The maximum absolute atomic E-state index is 9.71. The predicted molar refractivity (Wildman–Crippen MR) is 83.5 cm³/mol. The second-order valence-corrected chi connectivity index (χ2v) is 7.24. The Hall–Kier alpha value is -0.100. The third-order valence-corrected chi connectivity index (χ3v) is 5.84. The van der Waals surface area contributed by atoms with Gasteiger partial charge in [-0.05, 0) is 53.9 Å². The maximum Gasteiger partial charge on any atom is 0.110 e. The average Bonchev–Trinajstić information content (AvgIpc) is 2.42. The molecule has 19 heavy (non-hydrogen) atoms. The lowest BCUT2D eigenvalue weighted by Gasteiger charge is -2.40. The van der Waals surface area contributed by atoms with E-state index in [9.17, 15) is 5.11 Å². The molecular weight excluding hydrogens is 324 g/mol. The quantitative estimate of drug-likeness (QED) is 0.860. The van der Waals surface area contributed by atoms with Crippen molar-refractivity contribution in [2.24, 2.45) is 0 Å². The van der Waals surface area contributed by atoms with Crippen molar-refractivity contribution < 1.29 is 5.11 Å². The van der Waals surface area contributed by atoms with Crippen molar-refractivity contribution in [3.8, 4) is 0 Å². The van der Waals surface area contributed by atoms with Gasteiger partial charge in [-0.1, -0.05) is 13.3 Å². The molecule has 1 aliphatic rings. The Morgan fingerprint density at radius 2 is 2.47 bits per heavy atom. The number of pyridine rings is 1. The molecule has 3 nitrogen and oxygen atoms in total. The molecule has 1 fully saturated rings. The van der Waals surface area contributed by atoms with E-state index in [-0.39, 0.29) is 12.1 Å². The van der Waals surface area contributed by atoms with E-state index in [4.69, 9.17) is 0 Å². The predicted octanol–water partition coefficient (Wildman–Crippen LogP) is 3.22. The van der Waals surface area contributed by atoms with Crippen molar-refractivity contribution in [1.82, 2.24) is 10.3 Å². The van der Waals surface area contributed by atoms with Crippen LogP contribution in [0.3, 0.4) is 0 Å². The Morgan fingerprint density at radius 3 is 3.16 bits per heavy atom. The molecule has 2 rings (SSSR count). The van der Waals surface area contributed by atoms with Crippen molar-refractivity contribution in [2.45, 2.75) is 48.4 Å². The molecule has 2 atom stereocenters. The van der Waals surface area contributed by atoms with Gasteiger partial charge in [-0.2, -0.15) is 0 Å². The molecule has 1 aromatic heterocycles. The van der Waals surface area contributed by atoms with E-state index in [0.717, 1.165) is 35.3 Å². The van der Waals surface area contributed by atoms with Crippen LogP contribution in [-0.2, 0) is 0 Å². The third kappa shape index (κ3) is 3.94. The number of hydrogen-bond acceptors (Lipinski definition) is 4. The second-order valence-electron chi connectivity index (χ2n) is 5.10. The third-order valence-electron chi connectivity index (χ3n) is 3.66. The second kappa shape index (κ2) is 7.07. The lowest BCUT2D eigenvalue weighted by Crippen LogP contribution is -2.52. The van der Waals surface area contributed by atoms with Gasteiger partial charge in [0.05, 0.1) is 6.61 Å².